The predicted octanol–water partition coefficient (Wildman–Crippen LogP) is 3.75. The molecule has 118 valence electrons. The lowest BCUT2D eigenvalue weighted by molar-refractivity contribution is 0.165. The Bertz CT molecular complexity index is 488. The van der Waals surface area contributed by atoms with Crippen LogP contribution in [-0.4, -0.2) is 30.1 Å². The zero-order valence-corrected chi connectivity index (χ0v) is 14.6. The van der Waals surface area contributed by atoms with Crippen LogP contribution in [0.15, 0.2) is 12.1 Å². The second-order valence-corrected chi connectivity index (χ2v) is 7.04. The van der Waals surface area contributed by atoms with Crippen molar-refractivity contribution in [2.24, 2.45) is 0 Å². The maximum atomic E-state index is 3.74. The largest absolute Gasteiger partial charge is 0.311 e. The summed E-state index contributed by atoms with van der Waals surface area (Å²) >= 11 is 0. The highest BCUT2D eigenvalue weighted by Crippen LogP contribution is 2.30. The second-order valence-electron chi connectivity index (χ2n) is 7.04. The lowest BCUT2D eigenvalue weighted by Gasteiger charge is -2.36. The number of aryl methyl sites for hydroxylation is 3. The first kappa shape index (κ1) is 16.8. The molecule has 3 heteroatoms. The molecule has 1 aromatic rings. The van der Waals surface area contributed by atoms with Crippen LogP contribution in [0.1, 0.15) is 47.9 Å². The summed E-state index contributed by atoms with van der Waals surface area (Å²) in [5.41, 5.74) is 5.77. The lowest BCUT2D eigenvalue weighted by atomic mass is 9.96. The Labute approximate surface area is 135 Å². The Balaban J connectivity index is 0.00000161. The molecular formula is C18H29ClN2. The normalized spacial score (nSPS) is 27.8. The van der Waals surface area contributed by atoms with E-state index in [0.717, 1.165) is 24.7 Å². The molecule has 2 unspecified atom stereocenters. The maximum Gasteiger partial charge on any atom is 0.0236 e. The van der Waals surface area contributed by atoms with Crippen LogP contribution in [0.25, 0.3) is 0 Å². The van der Waals surface area contributed by atoms with Crippen LogP contribution in [-0.2, 0) is 6.54 Å². The lowest BCUT2D eigenvalue weighted by Crippen LogP contribution is -2.46. The van der Waals surface area contributed by atoms with Gasteiger partial charge in [0.1, 0.15) is 0 Å². The average Bonchev–Trinajstić information content (AvgIpc) is 2.74. The number of piperidine rings is 1. The zero-order valence-electron chi connectivity index (χ0n) is 13.8. The van der Waals surface area contributed by atoms with Crippen molar-refractivity contribution in [1.29, 1.82) is 0 Å². The fourth-order valence-electron chi connectivity index (χ4n) is 3.98. The third kappa shape index (κ3) is 3.61. The van der Waals surface area contributed by atoms with Gasteiger partial charge in [-0.1, -0.05) is 12.1 Å². The van der Waals surface area contributed by atoms with Crippen LogP contribution in [0, 0.1) is 20.8 Å². The van der Waals surface area contributed by atoms with Crippen molar-refractivity contribution in [1.82, 2.24) is 10.2 Å². The van der Waals surface area contributed by atoms with Gasteiger partial charge < -0.3 is 5.32 Å². The minimum absolute atomic E-state index is 0. The van der Waals surface area contributed by atoms with E-state index < -0.39 is 0 Å². The minimum atomic E-state index is 0. The van der Waals surface area contributed by atoms with Crippen LogP contribution in [0.4, 0.5) is 0 Å². The third-order valence-electron chi connectivity index (χ3n) is 5.44. The fraction of sp³-hybridized carbons (Fsp3) is 0.667. The molecule has 21 heavy (non-hydrogen) atoms. The van der Waals surface area contributed by atoms with Gasteiger partial charge in [-0.15, -0.1) is 12.4 Å². The first-order chi connectivity index (χ1) is 9.52. The van der Waals surface area contributed by atoms with Crippen LogP contribution < -0.4 is 5.32 Å². The Morgan fingerprint density at radius 1 is 1.00 bits per heavy atom. The fourth-order valence-corrected chi connectivity index (χ4v) is 3.98. The van der Waals surface area contributed by atoms with E-state index in [1.807, 2.05) is 0 Å². The average molecular weight is 309 g/mol. The van der Waals surface area contributed by atoms with Crippen LogP contribution in [0.2, 0.25) is 0 Å². The molecule has 1 N–H and O–H groups in total. The summed E-state index contributed by atoms with van der Waals surface area (Å²) in [6, 6.07) is 7.04. The van der Waals surface area contributed by atoms with Crippen molar-refractivity contribution < 1.29 is 0 Å². The van der Waals surface area contributed by atoms with Gasteiger partial charge in [0, 0.05) is 24.7 Å². The molecule has 1 aromatic carbocycles. The first-order valence-corrected chi connectivity index (χ1v) is 8.06. The number of nitrogens with zero attached hydrogens (tertiary/aromatic N) is 1. The molecular weight excluding hydrogens is 280 g/mol. The molecule has 0 saturated carbocycles. The topological polar surface area (TPSA) is 15.3 Å². The highest BCUT2D eigenvalue weighted by molar-refractivity contribution is 5.85. The molecule has 0 aromatic heterocycles. The van der Waals surface area contributed by atoms with Gasteiger partial charge in [0.25, 0.3) is 0 Å². The second kappa shape index (κ2) is 6.68. The van der Waals surface area contributed by atoms with Crippen molar-refractivity contribution in [3.8, 4) is 0 Å². The van der Waals surface area contributed by atoms with E-state index in [4.69, 9.17) is 0 Å². The summed E-state index contributed by atoms with van der Waals surface area (Å²) in [5, 5.41) is 3.74. The van der Waals surface area contributed by atoms with E-state index in [1.54, 1.807) is 0 Å². The molecule has 0 radical (unpaired) electrons. The number of nitrogens with one attached hydrogen (secondary N) is 1. The SMILES string of the molecule is Cc1cc(C)c(CN(C)C2CC3CCC(C2)N3)cc1C.Cl. The molecule has 0 spiro atoms. The Morgan fingerprint density at radius 3 is 2.19 bits per heavy atom. The maximum absolute atomic E-state index is 3.74. The number of hydrogen-bond acceptors (Lipinski definition) is 2. The summed E-state index contributed by atoms with van der Waals surface area (Å²) in [6.07, 6.45) is 5.43. The Hall–Kier alpha value is -0.570. The van der Waals surface area contributed by atoms with E-state index in [0.29, 0.717) is 0 Å². The molecule has 2 bridgehead atoms. The highest BCUT2D eigenvalue weighted by Gasteiger charge is 2.34. The van der Waals surface area contributed by atoms with E-state index in [9.17, 15) is 0 Å². The summed E-state index contributed by atoms with van der Waals surface area (Å²) < 4.78 is 0. The van der Waals surface area contributed by atoms with E-state index >= 15 is 0 Å². The number of rotatable bonds is 3. The van der Waals surface area contributed by atoms with Gasteiger partial charge in [0.2, 0.25) is 0 Å². The zero-order chi connectivity index (χ0) is 14.3. The molecule has 2 atom stereocenters. The van der Waals surface area contributed by atoms with Gasteiger partial charge in [0.05, 0.1) is 0 Å². The summed E-state index contributed by atoms with van der Waals surface area (Å²) in [5.74, 6) is 0. The first-order valence-electron chi connectivity index (χ1n) is 8.06. The number of benzene rings is 1. The highest BCUT2D eigenvalue weighted by atomic mass is 35.5. The summed E-state index contributed by atoms with van der Waals surface area (Å²) in [4.78, 5) is 2.59. The standard InChI is InChI=1S/C18H28N2.ClH/c1-12-7-14(3)15(8-13(12)2)11-20(4)18-9-16-5-6-17(10-18)19-16;/h7-8,16-19H,5-6,9-11H2,1-4H3;1H. The monoisotopic (exact) mass is 308 g/mol. The minimum Gasteiger partial charge on any atom is -0.311 e. The molecule has 2 saturated heterocycles. The van der Waals surface area contributed by atoms with Gasteiger partial charge in [-0.3, -0.25) is 4.90 Å². The molecule has 2 fully saturated rings. The van der Waals surface area contributed by atoms with E-state index in [2.05, 4.69) is 50.2 Å². The summed E-state index contributed by atoms with van der Waals surface area (Å²) in [7, 11) is 2.31. The van der Waals surface area contributed by atoms with Crippen molar-refractivity contribution in [3.63, 3.8) is 0 Å². The molecule has 2 nitrogen and oxygen atoms in total. The van der Waals surface area contributed by atoms with Gasteiger partial charge in [-0.25, -0.2) is 0 Å². The van der Waals surface area contributed by atoms with Crippen molar-refractivity contribution in [2.45, 2.75) is 71.1 Å². The molecule has 2 aliphatic heterocycles. The van der Waals surface area contributed by atoms with Crippen LogP contribution in [0.5, 0.6) is 0 Å². The number of hydrogen-bond donors (Lipinski definition) is 1. The molecule has 2 aliphatic rings. The Morgan fingerprint density at radius 2 is 1.57 bits per heavy atom. The smallest absolute Gasteiger partial charge is 0.0236 e. The van der Waals surface area contributed by atoms with Crippen LogP contribution >= 0.6 is 12.4 Å². The quantitative estimate of drug-likeness (QED) is 0.915. The van der Waals surface area contributed by atoms with Gasteiger partial charge in [0.15, 0.2) is 0 Å². The van der Waals surface area contributed by atoms with E-state index in [-0.39, 0.29) is 12.4 Å². The predicted molar refractivity (Wildman–Crippen MR) is 92.3 cm³/mol. The molecule has 0 aliphatic carbocycles. The molecule has 0 amide bonds. The van der Waals surface area contributed by atoms with E-state index in [1.165, 1.54) is 47.9 Å². The molecule has 2 heterocycles. The Kier molecular flexibility index (Phi) is 5.34. The van der Waals surface area contributed by atoms with Crippen molar-refractivity contribution >= 4 is 12.4 Å². The van der Waals surface area contributed by atoms with Gasteiger partial charge in [-0.05, 0) is 75.8 Å². The molecule has 3 rings (SSSR count). The number of fused-ring (bicyclic) bond motifs is 2. The van der Waals surface area contributed by atoms with Crippen molar-refractivity contribution in [2.75, 3.05) is 7.05 Å². The van der Waals surface area contributed by atoms with Gasteiger partial charge in [-0.2, -0.15) is 0 Å². The van der Waals surface area contributed by atoms with Crippen LogP contribution in [0.3, 0.4) is 0 Å². The van der Waals surface area contributed by atoms with Gasteiger partial charge >= 0.3 is 0 Å². The van der Waals surface area contributed by atoms with Crippen molar-refractivity contribution in [3.05, 3.63) is 34.4 Å². The number of halogens is 1. The summed E-state index contributed by atoms with van der Waals surface area (Å²) in [6.45, 7) is 7.78. The third-order valence-corrected chi connectivity index (χ3v) is 5.44.